The van der Waals surface area contributed by atoms with Gasteiger partial charge in [0.2, 0.25) is 0 Å². The Hall–Kier alpha value is -0.350. The first-order valence-corrected chi connectivity index (χ1v) is 7.50. The highest BCUT2D eigenvalue weighted by atomic mass is 79.9. The van der Waals surface area contributed by atoms with Gasteiger partial charge in [0.25, 0.3) is 0 Å². The first-order chi connectivity index (χ1) is 8.24. The standard InChI is InChI=1S/C13H20BrN3/c1-2-6-17-13(10(14)7-16-17)12(15)11-8-4-3-5-9(8)11/h7-9,11-12H,2-6,15H2,1H3. The molecule has 3 nitrogen and oxygen atoms in total. The Balaban J connectivity index is 1.81. The van der Waals surface area contributed by atoms with Gasteiger partial charge in [0, 0.05) is 6.54 Å². The molecule has 0 amide bonds. The van der Waals surface area contributed by atoms with Crippen molar-refractivity contribution in [3.8, 4) is 0 Å². The van der Waals surface area contributed by atoms with Crippen LogP contribution in [0.4, 0.5) is 0 Å². The van der Waals surface area contributed by atoms with Crippen molar-refractivity contribution in [3.63, 3.8) is 0 Å². The minimum Gasteiger partial charge on any atom is -0.322 e. The largest absolute Gasteiger partial charge is 0.322 e. The molecule has 94 valence electrons. The van der Waals surface area contributed by atoms with E-state index in [4.69, 9.17) is 5.73 Å². The van der Waals surface area contributed by atoms with Gasteiger partial charge in [-0.1, -0.05) is 13.3 Å². The molecule has 1 aromatic rings. The summed E-state index contributed by atoms with van der Waals surface area (Å²) in [5, 5.41) is 4.42. The van der Waals surface area contributed by atoms with E-state index in [1.165, 1.54) is 25.0 Å². The second-order valence-corrected chi connectivity index (χ2v) is 6.32. The topological polar surface area (TPSA) is 43.8 Å². The molecule has 2 saturated carbocycles. The molecule has 3 unspecified atom stereocenters. The summed E-state index contributed by atoms with van der Waals surface area (Å²) in [6.45, 7) is 3.15. The zero-order valence-corrected chi connectivity index (χ0v) is 11.9. The van der Waals surface area contributed by atoms with Crippen molar-refractivity contribution < 1.29 is 0 Å². The zero-order valence-electron chi connectivity index (χ0n) is 10.3. The predicted octanol–water partition coefficient (Wildman–Crippen LogP) is 3.10. The second-order valence-electron chi connectivity index (χ2n) is 5.46. The number of nitrogens with zero attached hydrogens (tertiary/aromatic N) is 2. The number of fused-ring (bicyclic) bond motifs is 1. The number of nitrogens with two attached hydrogens (primary N) is 1. The van der Waals surface area contributed by atoms with E-state index in [2.05, 4.69) is 32.6 Å². The molecule has 2 N–H and O–H groups in total. The molecule has 3 atom stereocenters. The van der Waals surface area contributed by atoms with Gasteiger partial charge in [-0.3, -0.25) is 4.68 Å². The van der Waals surface area contributed by atoms with E-state index >= 15 is 0 Å². The first-order valence-electron chi connectivity index (χ1n) is 6.70. The summed E-state index contributed by atoms with van der Waals surface area (Å²) in [4.78, 5) is 0. The molecule has 17 heavy (non-hydrogen) atoms. The third-order valence-corrected chi connectivity index (χ3v) is 5.08. The lowest BCUT2D eigenvalue weighted by Gasteiger charge is -2.16. The van der Waals surface area contributed by atoms with Crippen molar-refractivity contribution in [3.05, 3.63) is 16.4 Å². The van der Waals surface area contributed by atoms with Crippen molar-refractivity contribution in [2.75, 3.05) is 0 Å². The maximum atomic E-state index is 6.48. The lowest BCUT2D eigenvalue weighted by Crippen LogP contribution is -2.20. The molecule has 1 aromatic heterocycles. The Morgan fingerprint density at radius 1 is 1.53 bits per heavy atom. The van der Waals surface area contributed by atoms with Gasteiger partial charge < -0.3 is 5.73 Å². The van der Waals surface area contributed by atoms with Gasteiger partial charge in [-0.2, -0.15) is 5.10 Å². The molecule has 2 aliphatic rings. The smallest absolute Gasteiger partial charge is 0.0696 e. The highest BCUT2D eigenvalue weighted by Gasteiger charge is 2.55. The zero-order chi connectivity index (χ0) is 12.0. The van der Waals surface area contributed by atoms with Gasteiger partial charge in [-0.05, 0) is 52.9 Å². The molecule has 3 rings (SSSR count). The third kappa shape index (κ3) is 1.85. The fourth-order valence-electron chi connectivity index (χ4n) is 3.69. The van der Waals surface area contributed by atoms with Crippen LogP contribution in [-0.2, 0) is 6.54 Å². The summed E-state index contributed by atoms with van der Waals surface area (Å²) < 4.78 is 3.17. The Labute approximate surface area is 111 Å². The summed E-state index contributed by atoms with van der Waals surface area (Å²) in [6.07, 6.45) is 7.19. The molecular weight excluding hydrogens is 278 g/mol. The van der Waals surface area contributed by atoms with E-state index in [1.807, 2.05) is 6.20 Å². The molecular formula is C13H20BrN3. The van der Waals surface area contributed by atoms with E-state index in [0.29, 0.717) is 5.92 Å². The van der Waals surface area contributed by atoms with E-state index in [9.17, 15) is 0 Å². The van der Waals surface area contributed by atoms with Crippen molar-refractivity contribution in [2.24, 2.45) is 23.5 Å². The van der Waals surface area contributed by atoms with Gasteiger partial charge >= 0.3 is 0 Å². The molecule has 0 saturated heterocycles. The highest BCUT2D eigenvalue weighted by Crippen LogP contribution is 2.61. The normalized spacial score (nSPS) is 32.5. The number of rotatable bonds is 4. The van der Waals surface area contributed by atoms with Gasteiger partial charge in [0.15, 0.2) is 0 Å². The van der Waals surface area contributed by atoms with Crippen LogP contribution in [0.3, 0.4) is 0 Å². The van der Waals surface area contributed by atoms with Crippen LogP contribution in [0.1, 0.15) is 44.3 Å². The number of hydrogen-bond donors (Lipinski definition) is 1. The van der Waals surface area contributed by atoms with Crippen molar-refractivity contribution in [1.29, 1.82) is 0 Å². The summed E-state index contributed by atoms with van der Waals surface area (Å²) in [5.41, 5.74) is 7.69. The molecule has 0 aliphatic heterocycles. The molecule has 2 fully saturated rings. The van der Waals surface area contributed by atoms with Crippen LogP contribution in [-0.4, -0.2) is 9.78 Å². The summed E-state index contributed by atoms with van der Waals surface area (Å²) in [6, 6.07) is 0.175. The Morgan fingerprint density at radius 3 is 2.88 bits per heavy atom. The molecule has 4 heteroatoms. The molecule has 0 spiro atoms. The lowest BCUT2D eigenvalue weighted by atomic mass is 10.0. The molecule has 1 heterocycles. The summed E-state index contributed by atoms with van der Waals surface area (Å²) in [7, 11) is 0. The Kier molecular flexibility index (Phi) is 3.03. The molecule has 2 aliphatic carbocycles. The third-order valence-electron chi connectivity index (χ3n) is 4.47. The quantitative estimate of drug-likeness (QED) is 0.928. The van der Waals surface area contributed by atoms with Gasteiger partial charge in [-0.25, -0.2) is 0 Å². The SMILES string of the molecule is CCCn1ncc(Br)c1C(N)C1C2CCCC21. The van der Waals surface area contributed by atoms with Crippen LogP contribution in [0.25, 0.3) is 0 Å². The van der Waals surface area contributed by atoms with Crippen LogP contribution in [0.5, 0.6) is 0 Å². The maximum absolute atomic E-state index is 6.48. The van der Waals surface area contributed by atoms with Crippen LogP contribution in [0.2, 0.25) is 0 Å². The minimum atomic E-state index is 0.175. The second kappa shape index (κ2) is 4.39. The fourth-order valence-corrected chi connectivity index (χ4v) is 4.25. The fraction of sp³-hybridized carbons (Fsp3) is 0.769. The van der Waals surface area contributed by atoms with E-state index in [-0.39, 0.29) is 6.04 Å². The van der Waals surface area contributed by atoms with Gasteiger partial charge in [0.05, 0.1) is 22.4 Å². The summed E-state index contributed by atoms with van der Waals surface area (Å²) >= 11 is 3.60. The van der Waals surface area contributed by atoms with Crippen LogP contribution < -0.4 is 5.73 Å². The lowest BCUT2D eigenvalue weighted by molar-refractivity contribution is 0.456. The number of aryl methyl sites for hydroxylation is 1. The molecule has 0 aromatic carbocycles. The average Bonchev–Trinajstić information content (AvgIpc) is 2.66. The van der Waals surface area contributed by atoms with Crippen molar-refractivity contribution in [2.45, 2.75) is 45.2 Å². The Morgan fingerprint density at radius 2 is 2.24 bits per heavy atom. The van der Waals surface area contributed by atoms with Crippen molar-refractivity contribution >= 4 is 15.9 Å². The number of halogens is 1. The minimum absolute atomic E-state index is 0.175. The molecule has 0 bridgehead atoms. The van der Waals surface area contributed by atoms with E-state index < -0.39 is 0 Å². The van der Waals surface area contributed by atoms with Crippen LogP contribution in [0, 0.1) is 17.8 Å². The van der Waals surface area contributed by atoms with Crippen molar-refractivity contribution in [1.82, 2.24) is 9.78 Å². The monoisotopic (exact) mass is 297 g/mol. The van der Waals surface area contributed by atoms with Gasteiger partial charge in [-0.15, -0.1) is 0 Å². The molecule has 0 radical (unpaired) electrons. The van der Waals surface area contributed by atoms with Gasteiger partial charge in [0.1, 0.15) is 0 Å². The predicted molar refractivity (Wildman–Crippen MR) is 71.5 cm³/mol. The average molecular weight is 298 g/mol. The summed E-state index contributed by atoms with van der Waals surface area (Å²) in [5.74, 6) is 2.52. The number of aromatic nitrogens is 2. The van der Waals surface area contributed by atoms with E-state index in [1.54, 1.807) is 0 Å². The Bertz CT molecular complexity index is 405. The van der Waals surface area contributed by atoms with E-state index in [0.717, 1.165) is 29.3 Å². The first kappa shape index (κ1) is 11.7. The maximum Gasteiger partial charge on any atom is 0.0696 e. The highest BCUT2D eigenvalue weighted by molar-refractivity contribution is 9.10. The van der Waals surface area contributed by atoms with Crippen LogP contribution >= 0.6 is 15.9 Å². The van der Waals surface area contributed by atoms with Crippen LogP contribution in [0.15, 0.2) is 10.7 Å². The number of hydrogen-bond acceptors (Lipinski definition) is 2.